The second-order valence-corrected chi connectivity index (χ2v) is 6.21. The molecule has 0 bridgehead atoms. The van der Waals surface area contributed by atoms with E-state index in [4.69, 9.17) is 10.5 Å². The molecule has 0 spiro atoms. The maximum Gasteiger partial charge on any atom is 0.236 e. The Kier molecular flexibility index (Phi) is 5.66. The number of hydrogen-bond donors (Lipinski definition) is 1. The number of hydrogen-bond acceptors (Lipinski definition) is 4. The molecule has 6 heteroatoms. The van der Waals surface area contributed by atoms with E-state index in [9.17, 15) is 4.79 Å². The van der Waals surface area contributed by atoms with Gasteiger partial charge in [0.25, 0.3) is 0 Å². The van der Waals surface area contributed by atoms with Crippen LogP contribution in [0.15, 0.2) is 0 Å². The van der Waals surface area contributed by atoms with Gasteiger partial charge in [0.1, 0.15) is 0 Å². The van der Waals surface area contributed by atoms with E-state index >= 15 is 0 Å². The van der Waals surface area contributed by atoms with Crippen molar-refractivity contribution in [3.63, 3.8) is 0 Å². The normalized spacial score (nSPS) is 34.5. The van der Waals surface area contributed by atoms with Crippen LogP contribution in [-0.2, 0) is 9.53 Å². The van der Waals surface area contributed by atoms with Gasteiger partial charge < -0.3 is 15.4 Å². The summed E-state index contributed by atoms with van der Waals surface area (Å²) in [7, 11) is 0. The Morgan fingerprint density at radius 2 is 1.95 bits per heavy atom. The number of fused-ring (bicyclic) bond motifs is 1. The first-order chi connectivity index (χ1) is 9.24. The van der Waals surface area contributed by atoms with Crippen LogP contribution in [0.4, 0.5) is 0 Å². The van der Waals surface area contributed by atoms with E-state index in [0.29, 0.717) is 31.7 Å². The summed E-state index contributed by atoms with van der Waals surface area (Å²) < 4.78 is 5.29. The lowest BCUT2D eigenvalue weighted by Crippen LogP contribution is -2.45. The minimum absolute atomic E-state index is 0. The summed E-state index contributed by atoms with van der Waals surface area (Å²) in [4.78, 5) is 16.5. The molecule has 5 nitrogen and oxygen atoms in total. The van der Waals surface area contributed by atoms with E-state index in [1.807, 2.05) is 4.90 Å². The van der Waals surface area contributed by atoms with Gasteiger partial charge in [-0.2, -0.15) is 0 Å². The van der Waals surface area contributed by atoms with Gasteiger partial charge in [-0.1, -0.05) is 6.42 Å². The van der Waals surface area contributed by atoms with Crippen molar-refractivity contribution in [1.82, 2.24) is 9.80 Å². The largest absolute Gasteiger partial charge is 0.378 e. The van der Waals surface area contributed by atoms with Crippen LogP contribution in [0.2, 0.25) is 0 Å². The maximum atomic E-state index is 12.2. The molecule has 3 fully saturated rings. The van der Waals surface area contributed by atoms with E-state index < -0.39 is 0 Å². The van der Waals surface area contributed by atoms with Gasteiger partial charge in [0.05, 0.1) is 19.8 Å². The van der Waals surface area contributed by atoms with Crippen LogP contribution in [-0.4, -0.2) is 67.7 Å². The molecule has 1 aliphatic carbocycles. The summed E-state index contributed by atoms with van der Waals surface area (Å²) in [6.45, 7) is 5.51. The molecule has 3 unspecified atom stereocenters. The van der Waals surface area contributed by atoms with E-state index in [-0.39, 0.29) is 18.3 Å². The highest BCUT2D eigenvalue weighted by atomic mass is 35.5. The molecular formula is C14H26ClN3O2. The summed E-state index contributed by atoms with van der Waals surface area (Å²) in [5, 5.41) is 0. The second kappa shape index (κ2) is 7.07. The van der Waals surface area contributed by atoms with Crippen molar-refractivity contribution in [2.75, 3.05) is 45.9 Å². The number of nitrogens with zero attached hydrogens (tertiary/aromatic N) is 2. The summed E-state index contributed by atoms with van der Waals surface area (Å²) >= 11 is 0. The smallest absolute Gasteiger partial charge is 0.236 e. The first-order valence-electron chi connectivity index (χ1n) is 7.57. The van der Waals surface area contributed by atoms with Crippen LogP contribution >= 0.6 is 12.4 Å². The van der Waals surface area contributed by atoms with Crippen LogP contribution in [0.1, 0.15) is 19.3 Å². The molecule has 20 heavy (non-hydrogen) atoms. The Bertz CT molecular complexity index is 336. The highest BCUT2D eigenvalue weighted by Gasteiger charge is 2.39. The van der Waals surface area contributed by atoms with Gasteiger partial charge in [0.2, 0.25) is 5.91 Å². The first kappa shape index (κ1) is 16.0. The van der Waals surface area contributed by atoms with Crippen molar-refractivity contribution in [3.8, 4) is 0 Å². The van der Waals surface area contributed by atoms with Gasteiger partial charge in [0.15, 0.2) is 0 Å². The summed E-state index contributed by atoms with van der Waals surface area (Å²) in [5.74, 6) is 1.60. The summed E-state index contributed by atoms with van der Waals surface area (Å²) in [6.07, 6.45) is 3.71. The van der Waals surface area contributed by atoms with E-state index in [2.05, 4.69) is 4.90 Å². The predicted octanol–water partition coefficient (Wildman–Crippen LogP) is 0.326. The van der Waals surface area contributed by atoms with E-state index in [1.165, 1.54) is 12.8 Å². The lowest BCUT2D eigenvalue weighted by atomic mass is 9.78. The van der Waals surface area contributed by atoms with Gasteiger partial charge in [-0.25, -0.2) is 0 Å². The van der Waals surface area contributed by atoms with Crippen LogP contribution in [0, 0.1) is 11.8 Å². The van der Waals surface area contributed by atoms with Crippen molar-refractivity contribution in [3.05, 3.63) is 0 Å². The first-order valence-corrected chi connectivity index (χ1v) is 7.57. The van der Waals surface area contributed by atoms with Crippen LogP contribution < -0.4 is 5.73 Å². The topological polar surface area (TPSA) is 58.8 Å². The number of carbonyl (C=O) groups is 1. The monoisotopic (exact) mass is 303 g/mol. The molecule has 3 rings (SSSR count). The summed E-state index contributed by atoms with van der Waals surface area (Å²) in [5.41, 5.74) is 6.22. The fourth-order valence-electron chi connectivity index (χ4n) is 3.84. The minimum atomic E-state index is 0. The van der Waals surface area contributed by atoms with Crippen LogP contribution in [0.3, 0.4) is 0 Å². The molecule has 2 heterocycles. The molecule has 0 aromatic carbocycles. The zero-order valence-corrected chi connectivity index (χ0v) is 12.8. The molecule has 1 saturated carbocycles. The molecule has 2 N–H and O–H groups in total. The standard InChI is InChI=1S/C14H25N3O2.ClH/c15-13-3-1-2-11-8-16(9-12(11)13)10-14(18)17-4-6-19-7-5-17;/h11-13H,1-10,15H2;1H. The molecule has 1 amide bonds. The van der Waals surface area contributed by atoms with Crippen LogP contribution in [0.5, 0.6) is 0 Å². The Morgan fingerprint density at radius 3 is 2.65 bits per heavy atom. The molecule has 3 aliphatic rings. The lowest BCUT2D eigenvalue weighted by Gasteiger charge is -2.30. The molecule has 3 atom stereocenters. The molecule has 0 aromatic heterocycles. The number of morpholine rings is 1. The number of amides is 1. The van der Waals surface area contributed by atoms with Gasteiger partial charge in [0, 0.05) is 32.2 Å². The SMILES string of the molecule is Cl.NC1CCCC2CN(CC(=O)N3CCOCC3)CC12. The summed E-state index contributed by atoms with van der Waals surface area (Å²) in [6, 6.07) is 0.349. The lowest BCUT2D eigenvalue weighted by molar-refractivity contribution is -0.136. The molecular weight excluding hydrogens is 278 g/mol. The van der Waals surface area contributed by atoms with Crippen molar-refractivity contribution < 1.29 is 9.53 Å². The van der Waals surface area contributed by atoms with Gasteiger partial charge >= 0.3 is 0 Å². The quantitative estimate of drug-likeness (QED) is 0.798. The molecule has 0 radical (unpaired) electrons. The van der Waals surface area contributed by atoms with Crippen molar-refractivity contribution in [2.45, 2.75) is 25.3 Å². The third-order valence-electron chi connectivity index (χ3n) is 4.95. The fraction of sp³-hybridized carbons (Fsp3) is 0.929. The Labute approximate surface area is 127 Å². The van der Waals surface area contributed by atoms with Gasteiger partial charge in [-0.05, 0) is 24.7 Å². The average molecular weight is 304 g/mol. The van der Waals surface area contributed by atoms with Crippen molar-refractivity contribution in [2.24, 2.45) is 17.6 Å². The van der Waals surface area contributed by atoms with Crippen molar-refractivity contribution in [1.29, 1.82) is 0 Å². The Hall–Kier alpha value is -0.360. The second-order valence-electron chi connectivity index (χ2n) is 6.21. The van der Waals surface area contributed by atoms with Crippen LogP contribution in [0.25, 0.3) is 0 Å². The number of likely N-dealkylation sites (tertiary alicyclic amines) is 1. The predicted molar refractivity (Wildman–Crippen MR) is 79.9 cm³/mol. The van der Waals surface area contributed by atoms with Gasteiger partial charge in [-0.15, -0.1) is 12.4 Å². The third-order valence-corrected chi connectivity index (χ3v) is 4.95. The number of nitrogens with two attached hydrogens (primary N) is 1. The molecule has 2 saturated heterocycles. The minimum Gasteiger partial charge on any atom is -0.378 e. The van der Waals surface area contributed by atoms with Crippen molar-refractivity contribution >= 4 is 18.3 Å². The number of rotatable bonds is 2. The number of carbonyl (C=O) groups excluding carboxylic acids is 1. The maximum absolute atomic E-state index is 12.2. The fourth-order valence-corrected chi connectivity index (χ4v) is 3.84. The number of ether oxygens (including phenoxy) is 1. The highest BCUT2D eigenvalue weighted by molar-refractivity contribution is 5.85. The third kappa shape index (κ3) is 3.45. The zero-order chi connectivity index (χ0) is 13.2. The molecule has 0 aromatic rings. The average Bonchev–Trinajstić information content (AvgIpc) is 2.84. The van der Waals surface area contributed by atoms with Gasteiger partial charge in [-0.3, -0.25) is 9.69 Å². The van der Waals surface area contributed by atoms with E-state index in [0.717, 1.165) is 38.5 Å². The highest BCUT2D eigenvalue weighted by Crippen LogP contribution is 2.35. The number of halogens is 1. The molecule has 2 aliphatic heterocycles. The van der Waals surface area contributed by atoms with E-state index in [1.54, 1.807) is 0 Å². The zero-order valence-electron chi connectivity index (χ0n) is 12.0. The molecule has 116 valence electrons. The Morgan fingerprint density at radius 1 is 1.20 bits per heavy atom. The Balaban J connectivity index is 0.00000147.